The number of aromatic nitrogens is 1. The number of amides is 1. The second-order valence-electron chi connectivity index (χ2n) is 6.64. The first-order valence-corrected chi connectivity index (χ1v) is 11.5. The van der Waals surface area contributed by atoms with Gasteiger partial charge in [0.1, 0.15) is 0 Å². The van der Waals surface area contributed by atoms with Crippen LogP contribution in [0.5, 0.6) is 0 Å². The lowest BCUT2D eigenvalue weighted by atomic mass is 10.2. The van der Waals surface area contributed by atoms with Gasteiger partial charge in [-0.25, -0.2) is 13.4 Å². The van der Waals surface area contributed by atoms with E-state index < -0.39 is 15.9 Å². The number of thiazole rings is 1. The number of nitrogens with one attached hydrogen (secondary N) is 1. The van der Waals surface area contributed by atoms with E-state index in [0.717, 1.165) is 11.3 Å². The van der Waals surface area contributed by atoms with E-state index in [9.17, 15) is 13.2 Å². The number of nitrogens with zero attached hydrogens (tertiary/aromatic N) is 2. The zero-order valence-corrected chi connectivity index (χ0v) is 18.5. The summed E-state index contributed by atoms with van der Waals surface area (Å²) in [5.74, 6) is -0.425. The Labute approximate surface area is 179 Å². The zero-order chi connectivity index (χ0) is 21.2. The van der Waals surface area contributed by atoms with Gasteiger partial charge in [0.25, 0.3) is 5.91 Å². The van der Waals surface area contributed by atoms with Crippen LogP contribution in [-0.2, 0) is 10.0 Å². The third-order valence-electron chi connectivity index (χ3n) is 4.37. The van der Waals surface area contributed by atoms with Crippen LogP contribution in [0.1, 0.15) is 24.2 Å². The smallest absolute Gasteiger partial charge is 0.257 e. The molecule has 0 aliphatic carbocycles. The fourth-order valence-electron chi connectivity index (χ4n) is 2.50. The second kappa shape index (κ2) is 8.62. The Morgan fingerprint density at radius 3 is 2.52 bits per heavy atom. The minimum atomic E-state index is -3.67. The van der Waals surface area contributed by atoms with Crippen molar-refractivity contribution in [3.05, 3.63) is 64.5 Å². The summed E-state index contributed by atoms with van der Waals surface area (Å²) in [6.45, 7) is 3.57. The van der Waals surface area contributed by atoms with Crippen LogP contribution in [0.3, 0.4) is 0 Å². The van der Waals surface area contributed by atoms with E-state index in [4.69, 9.17) is 11.6 Å². The van der Waals surface area contributed by atoms with E-state index in [1.54, 1.807) is 38.1 Å². The van der Waals surface area contributed by atoms with Gasteiger partial charge in [0.05, 0.1) is 10.6 Å². The molecule has 0 saturated heterocycles. The van der Waals surface area contributed by atoms with Gasteiger partial charge in [-0.05, 0) is 44.2 Å². The van der Waals surface area contributed by atoms with Crippen molar-refractivity contribution < 1.29 is 13.2 Å². The summed E-state index contributed by atoms with van der Waals surface area (Å²) in [6, 6.07) is 13.0. The molecule has 1 heterocycles. The first-order chi connectivity index (χ1) is 13.7. The maximum absolute atomic E-state index is 12.7. The maximum atomic E-state index is 12.7. The number of benzene rings is 2. The molecule has 0 unspecified atom stereocenters. The molecule has 0 aliphatic heterocycles. The predicted molar refractivity (Wildman–Crippen MR) is 117 cm³/mol. The standard InChI is InChI=1S/C20H20ClN3O3S2/c1-13(2)24(3)29(26,27)17-6-4-5-15(11-17)19(25)23-20-22-18(12-28-20)14-7-9-16(21)10-8-14/h4-13H,1-3H3,(H,22,23,25). The molecule has 0 saturated carbocycles. The lowest BCUT2D eigenvalue weighted by Gasteiger charge is -2.21. The topological polar surface area (TPSA) is 79.4 Å². The maximum Gasteiger partial charge on any atom is 0.257 e. The molecule has 0 spiro atoms. The summed E-state index contributed by atoms with van der Waals surface area (Å²) in [6.07, 6.45) is 0. The Morgan fingerprint density at radius 2 is 1.86 bits per heavy atom. The average molecular weight is 450 g/mol. The zero-order valence-electron chi connectivity index (χ0n) is 16.1. The number of hydrogen-bond acceptors (Lipinski definition) is 5. The molecule has 1 amide bonds. The van der Waals surface area contributed by atoms with Crippen LogP contribution in [-0.4, -0.2) is 36.7 Å². The fraction of sp³-hybridized carbons (Fsp3) is 0.200. The van der Waals surface area contributed by atoms with Gasteiger partial charge in [0.2, 0.25) is 10.0 Å². The van der Waals surface area contributed by atoms with E-state index in [-0.39, 0.29) is 16.5 Å². The van der Waals surface area contributed by atoms with Crippen molar-refractivity contribution in [2.75, 3.05) is 12.4 Å². The molecule has 1 N–H and O–H groups in total. The van der Waals surface area contributed by atoms with Crippen LogP contribution in [0.15, 0.2) is 58.8 Å². The molecule has 6 nitrogen and oxygen atoms in total. The number of rotatable bonds is 6. The van der Waals surface area contributed by atoms with Crippen molar-refractivity contribution in [2.45, 2.75) is 24.8 Å². The van der Waals surface area contributed by atoms with Crippen molar-refractivity contribution in [3.63, 3.8) is 0 Å². The Morgan fingerprint density at radius 1 is 1.17 bits per heavy atom. The summed E-state index contributed by atoms with van der Waals surface area (Å²) in [5.41, 5.74) is 1.85. The van der Waals surface area contributed by atoms with Crippen molar-refractivity contribution in [3.8, 4) is 11.3 Å². The number of sulfonamides is 1. The van der Waals surface area contributed by atoms with E-state index in [1.165, 1.54) is 34.8 Å². The molecule has 0 aliphatic rings. The summed E-state index contributed by atoms with van der Waals surface area (Å²) < 4.78 is 26.6. The minimum absolute atomic E-state index is 0.0716. The Kier molecular flexibility index (Phi) is 6.38. The average Bonchev–Trinajstić information content (AvgIpc) is 3.16. The molecular formula is C20H20ClN3O3S2. The molecule has 29 heavy (non-hydrogen) atoms. The molecule has 152 valence electrons. The van der Waals surface area contributed by atoms with E-state index in [1.807, 2.05) is 17.5 Å². The van der Waals surface area contributed by atoms with Crippen molar-refractivity contribution in [1.29, 1.82) is 0 Å². The fourth-order valence-corrected chi connectivity index (χ4v) is 4.75. The third kappa shape index (κ3) is 4.84. The number of halogens is 1. The predicted octanol–water partition coefficient (Wildman–Crippen LogP) is 4.74. The van der Waals surface area contributed by atoms with Gasteiger partial charge in [-0.1, -0.05) is 29.8 Å². The highest BCUT2D eigenvalue weighted by molar-refractivity contribution is 7.89. The molecule has 3 rings (SSSR count). The van der Waals surface area contributed by atoms with E-state index in [2.05, 4.69) is 10.3 Å². The number of carbonyl (C=O) groups is 1. The number of hydrogen-bond donors (Lipinski definition) is 1. The SMILES string of the molecule is CC(C)N(C)S(=O)(=O)c1cccc(C(=O)Nc2nc(-c3ccc(Cl)cc3)cs2)c1. The van der Waals surface area contributed by atoms with Gasteiger partial charge in [0, 0.05) is 34.6 Å². The lowest BCUT2D eigenvalue weighted by molar-refractivity contribution is 0.102. The molecule has 3 aromatic rings. The third-order valence-corrected chi connectivity index (χ3v) is 7.40. The number of anilines is 1. The summed E-state index contributed by atoms with van der Waals surface area (Å²) in [4.78, 5) is 17.1. The molecule has 0 atom stereocenters. The first-order valence-electron chi connectivity index (χ1n) is 8.79. The van der Waals surface area contributed by atoms with Gasteiger partial charge in [-0.2, -0.15) is 4.31 Å². The highest BCUT2D eigenvalue weighted by atomic mass is 35.5. The van der Waals surface area contributed by atoms with Crippen molar-refractivity contribution in [2.24, 2.45) is 0 Å². The molecule has 0 fully saturated rings. The van der Waals surface area contributed by atoms with Gasteiger partial charge >= 0.3 is 0 Å². The highest BCUT2D eigenvalue weighted by Crippen LogP contribution is 2.26. The van der Waals surface area contributed by atoms with Crippen molar-refractivity contribution in [1.82, 2.24) is 9.29 Å². The molecule has 1 aromatic heterocycles. The van der Waals surface area contributed by atoms with Crippen LogP contribution < -0.4 is 5.32 Å². The van der Waals surface area contributed by atoms with Gasteiger partial charge in [-0.15, -0.1) is 11.3 Å². The highest BCUT2D eigenvalue weighted by Gasteiger charge is 2.24. The molecule has 2 aromatic carbocycles. The second-order valence-corrected chi connectivity index (χ2v) is 9.93. The summed E-state index contributed by atoms with van der Waals surface area (Å²) >= 11 is 7.19. The monoisotopic (exact) mass is 449 g/mol. The van der Waals surface area contributed by atoms with Crippen LogP contribution in [0.4, 0.5) is 5.13 Å². The largest absolute Gasteiger partial charge is 0.298 e. The minimum Gasteiger partial charge on any atom is -0.298 e. The van der Waals surface area contributed by atoms with Crippen LogP contribution in [0, 0.1) is 0 Å². The van der Waals surface area contributed by atoms with Gasteiger partial charge in [0.15, 0.2) is 5.13 Å². The van der Waals surface area contributed by atoms with Gasteiger partial charge in [-0.3, -0.25) is 10.1 Å². The molecule has 0 bridgehead atoms. The van der Waals surface area contributed by atoms with Crippen LogP contribution in [0.2, 0.25) is 5.02 Å². The quantitative estimate of drug-likeness (QED) is 0.589. The van der Waals surface area contributed by atoms with Gasteiger partial charge < -0.3 is 0 Å². The van der Waals surface area contributed by atoms with E-state index in [0.29, 0.717) is 10.2 Å². The lowest BCUT2D eigenvalue weighted by Crippen LogP contribution is -2.33. The summed E-state index contributed by atoms with van der Waals surface area (Å²) in [5, 5.41) is 5.61. The van der Waals surface area contributed by atoms with Crippen LogP contribution >= 0.6 is 22.9 Å². The Bertz CT molecular complexity index is 1130. The van der Waals surface area contributed by atoms with Crippen molar-refractivity contribution >= 4 is 44.0 Å². The number of carbonyl (C=O) groups excluding carboxylic acids is 1. The van der Waals surface area contributed by atoms with E-state index >= 15 is 0 Å². The van der Waals surface area contributed by atoms with Crippen LogP contribution in [0.25, 0.3) is 11.3 Å². The Balaban J connectivity index is 1.79. The normalized spacial score (nSPS) is 11.8. The molecule has 0 radical (unpaired) electrons. The summed E-state index contributed by atoms with van der Waals surface area (Å²) in [7, 11) is -2.16. The first kappa shape index (κ1) is 21.4. The Hall–Kier alpha value is -2.26. The molecule has 9 heteroatoms. The molecular weight excluding hydrogens is 430 g/mol.